The Morgan fingerprint density at radius 2 is 1.94 bits per heavy atom. The molecule has 0 radical (unpaired) electrons. The van der Waals surface area contributed by atoms with E-state index in [9.17, 15) is 4.79 Å². The van der Waals surface area contributed by atoms with Gasteiger partial charge in [-0.15, -0.1) is 0 Å². The van der Waals surface area contributed by atoms with E-state index < -0.39 is 0 Å². The summed E-state index contributed by atoms with van der Waals surface area (Å²) >= 11 is 0. The van der Waals surface area contributed by atoms with Crippen molar-refractivity contribution >= 4 is 11.7 Å². The fourth-order valence-electron chi connectivity index (χ4n) is 2.22. The van der Waals surface area contributed by atoms with Crippen LogP contribution in [0.25, 0.3) is 0 Å². The van der Waals surface area contributed by atoms with E-state index in [0.29, 0.717) is 18.2 Å². The molecule has 0 heterocycles. The van der Waals surface area contributed by atoms with Gasteiger partial charge in [-0.05, 0) is 44.0 Å². The van der Waals surface area contributed by atoms with Gasteiger partial charge >= 0.3 is 5.97 Å². The maximum Gasteiger partial charge on any atom is 0.338 e. The van der Waals surface area contributed by atoms with Gasteiger partial charge in [-0.1, -0.05) is 12.8 Å². The van der Waals surface area contributed by atoms with Crippen LogP contribution in [0, 0.1) is 0 Å². The molecule has 1 saturated carbocycles. The van der Waals surface area contributed by atoms with E-state index in [0.717, 1.165) is 5.69 Å². The van der Waals surface area contributed by atoms with E-state index in [-0.39, 0.29) is 5.97 Å². The lowest BCUT2D eigenvalue weighted by Gasteiger charge is -2.13. The van der Waals surface area contributed by atoms with Gasteiger partial charge in [0.15, 0.2) is 0 Å². The Labute approximate surface area is 102 Å². The molecular formula is C14H19NO2. The zero-order valence-electron chi connectivity index (χ0n) is 10.2. The number of nitrogens with one attached hydrogen (secondary N) is 1. The highest BCUT2D eigenvalue weighted by Gasteiger charge is 2.14. The third-order valence-corrected chi connectivity index (χ3v) is 3.12. The van der Waals surface area contributed by atoms with Gasteiger partial charge in [0.1, 0.15) is 0 Å². The van der Waals surface area contributed by atoms with Crippen LogP contribution in [-0.4, -0.2) is 18.6 Å². The maximum atomic E-state index is 11.5. The Bertz CT molecular complexity index is 366. The van der Waals surface area contributed by atoms with Gasteiger partial charge in [0.2, 0.25) is 0 Å². The molecule has 2 rings (SSSR count). The molecule has 1 aliphatic carbocycles. The lowest BCUT2D eigenvalue weighted by atomic mass is 10.2. The van der Waals surface area contributed by atoms with Crippen LogP contribution in [0.1, 0.15) is 43.0 Å². The molecule has 0 saturated heterocycles. The highest BCUT2D eigenvalue weighted by molar-refractivity contribution is 5.89. The molecule has 3 heteroatoms. The molecule has 17 heavy (non-hydrogen) atoms. The third kappa shape index (κ3) is 3.22. The predicted molar refractivity (Wildman–Crippen MR) is 68.3 cm³/mol. The zero-order chi connectivity index (χ0) is 12.1. The van der Waals surface area contributed by atoms with Crippen molar-refractivity contribution in [1.82, 2.24) is 0 Å². The van der Waals surface area contributed by atoms with Crippen molar-refractivity contribution in [3.05, 3.63) is 29.8 Å². The lowest BCUT2D eigenvalue weighted by molar-refractivity contribution is 0.0526. The Kier molecular flexibility index (Phi) is 4.02. The van der Waals surface area contributed by atoms with Crippen molar-refractivity contribution in [2.24, 2.45) is 0 Å². The topological polar surface area (TPSA) is 38.3 Å². The number of hydrogen-bond acceptors (Lipinski definition) is 3. The van der Waals surface area contributed by atoms with E-state index in [4.69, 9.17) is 4.74 Å². The molecular weight excluding hydrogens is 214 g/mol. The van der Waals surface area contributed by atoms with E-state index in [1.54, 1.807) is 0 Å². The van der Waals surface area contributed by atoms with Crippen LogP contribution in [0.4, 0.5) is 5.69 Å². The van der Waals surface area contributed by atoms with Crippen molar-refractivity contribution in [1.29, 1.82) is 0 Å². The summed E-state index contributed by atoms with van der Waals surface area (Å²) < 4.78 is 4.94. The largest absolute Gasteiger partial charge is 0.462 e. The minimum absolute atomic E-state index is 0.250. The first kappa shape index (κ1) is 12.0. The fraction of sp³-hybridized carbons (Fsp3) is 0.500. The summed E-state index contributed by atoms with van der Waals surface area (Å²) in [6.45, 7) is 2.23. The van der Waals surface area contributed by atoms with Crippen molar-refractivity contribution in [2.75, 3.05) is 11.9 Å². The molecule has 92 valence electrons. The number of esters is 1. The minimum Gasteiger partial charge on any atom is -0.462 e. The number of carbonyl (C=O) groups excluding carboxylic acids is 1. The number of ether oxygens (including phenoxy) is 1. The first-order valence-corrected chi connectivity index (χ1v) is 6.33. The van der Waals surface area contributed by atoms with Gasteiger partial charge in [0.05, 0.1) is 12.2 Å². The summed E-state index contributed by atoms with van der Waals surface area (Å²) in [6, 6.07) is 8.13. The molecule has 3 nitrogen and oxygen atoms in total. The quantitative estimate of drug-likeness (QED) is 0.811. The Hall–Kier alpha value is -1.51. The molecule has 0 aromatic heterocycles. The van der Waals surface area contributed by atoms with Crippen molar-refractivity contribution in [3.63, 3.8) is 0 Å². The highest BCUT2D eigenvalue weighted by atomic mass is 16.5. The number of anilines is 1. The average molecular weight is 233 g/mol. The van der Waals surface area contributed by atoms with Gasteiger partial charge in [-0.3, -0.25) is 0 Å². The van der Waals surface area contributed by atoms with E-state index in [1.807, 2.05) is 31.2 Å². The van der Waals surface area contributed by atoms with Crippen LogP contribution in [0.15, 0.2) is 24.3 Å². The minimum atomic E-state index is -0.250. The second kappa shape index (κ2) is 5.71. The standard InChI is InChI=1S/C14H19NO2/c1-2-17-14(16)11-7-9-13(10-8-11)15-12-5-3-4-6-12/h7-10,12,15H,2-6H2,1H3. The van der Waals surface area contributed by atoms with Gasteiger partial charge in [0.25, 0.3) is 0 Å². The SMILES string of the molecule is CCOC(=O)c1ccc(NC2CCCC2)cc1. The summed E-state index contributed by atoms with van der Waals surface area (Å²) in [5.74, 6) is -0.250. The Morgan fingerprint density at radius 1 is 1.29 bits per heavy atom. The summed E-state index contributed by atoms with van der Waals surface area (Å²) in [6.07, 6.45) is 5.14. The fourth-order valence-corrected chi connectivity index (χ4v) is 2.22. The van der Waals surface area contributed by atoms with Crippen LogP contribution in [-0.2, 0) is 4.74 Å². The first-order valence-electron chi connectivity index (χ1n) is 6.33. The van der Waals surface area contributed by atoms with E-state index in [2.05, 4.69) is 5.32 Å². The highest BCUT2D eigenvalue weighted by Crippen LogP contribution is 2.22. The van der Waals surface area contributed by atoms with Crippen molar-refractivity contribution in [3.8, 4) is 0 Å². The number of benzene rings is 1. The first-order chi connectivity index (χ1) is 8.29. The molecule has 0 amide bonds. The van der Waals surface area contributed by atoms with Gasteiger partial charge < -0.3 is 10.1 Å². The van der Waals surface area contributed by atoms with Gasteiger partial charge in [-0.2, -0.15) is 0 Å². The number of carbonyl (C=O) groups is 1. The summed E-state index contributed by atoms with van der Waals surface area (Å²) in [5.41, 5.74) is 1.70. The molecule has 0 bridgehead atoms. The summed E-state index contributed by atoms with van der Waals surface area (Å²) in [5, 5.41) is 3.49. The number of hydrogen-bond donors (Lipinski definition) is 1. The maximum absolute atomic E-state index is 11.5. The molecule has 1 N–H and O–H groups in total. The lowest BCUT2D eigenvalue weighted by Crippen LogP contribution is -2.14. The normalized spacial score (nSPS) is 15.8. The molecule has 0 spiro atoms. The summed E-state index contributed by atoms with van der Waals surface area (Å²) in [4.78, 5) is 11.5. The smallest absolute Gasteiger partial charge is 0.338 e. The second-order valence-corrected chi connectivity index (χ2v) is 4.42. The second-order valence-electron chi connectivity index (χ2n) is 4.42. The van der Waals surface area contributed by atoms with Crippen LogP contribution in [0.3, 0.4) is 0 Å². The molecule has 1 fully saturated rings. The van der Waals surface area contributed by atoms with E-state index in [1.165, 1.54) is 25.7 Å². The van der Waals surface area contributed by atoms with E-state index >= 15 is 0 Å². The van der Waals surface area contributed by atoms with Gasteiger partial charge in [-0.25, -0.2) is 4.79 Å². The van der Waals surface area contributed by atoms with Crippen LogP contribution in [0.2, 0.25) is 0 Å². The molecule has 1 aromatic rings. The van der Waals surface area contributed by atoms with Crippen molar-refractivity contribution < 1.29 is 9.53 Å². The molecule has 0 aliphatic heterocycles. The monoisotopic (exact) mass is 233 g/mol. The Morgan fingerprint density at radius 3 is 2.53 bits per heavy atom. The molecule has 1 aliphatic rings. The van der Waals surface area contributed by atoms with Crippen LogP contribution >= 0.6 is 0 Å². The van der Waals surface area contributed by atoms with Crippen molar-refractivity contribution in [2.45, 2.75) is 38.6 Å². The summed E-state index contributed by atoms with van der Waals surface area (Å²) in [7, 11) is 0. The van der Waals surface area contributed by atoms with Gasteiger partial charge in [0, 0.05) is 11.7 Å². The molecule has 0 atom stereocenters. The van der Waals surface area contributed by atoms with Crippen LogP contribution < -0.4 is 5.32 Å². The Balaban J connectivity index is 1.94. The predicted octanol–water partition coefficient (Wildman–Crippen LogP) is 3.22. The zero-order valence-corrected chi connectivity index (χ0v) is 10.2. The average Bonchev–Trinajstić information content (AvgIpc) is 2.83. The van der Waals surface area contributed by atoms with Crippen LogP contribution in [0.5, 0.6) is 0 Å². The molecule has 0 unspecified atom stereocenters. The number of rotatable bonds is 4. The third-order valence-electron chi connectivity index (χ3n) is 3.12. The molecule has 1 aromatic carbocycles.